The standard InChI is InChI=1S/C23H33NO5/c1-14(25)29-16-4-7-21(2)15(12-16)13-19(24-26)20-17(21)5-8-22(3)18(20)6-9-23(22)27-10-11-28-23/h13,16-18,20,26H,4-12H2,1-3H3/b24-19+/t16-,17-,18-,20+,21-,22-/m0/s1. The van der Waals surface area contributed by atoms with E-state index in [1.165, 1.54) is 12.5 Å². The van der Waals surface area contributed by atoms with Crippen molar-refractivity contribution in [3.8, 4) is 0 Å². The van der Waals surface area contributed by atoms with Gasteiger partial charge >= 0.3 is 5.97 Å². The van der Waals surface area contributed by atoms with Gasteiger partial charge in [0.1, 0.15) is 6.10 Å². The van der Waals surface area contributed by atoms with Crippen LogP contribution in [0.5, 0.6) is 0 Å². The minimum absolute atomic E-state index is 0.0444. The lowest BCUT2D eigenvalue weighted by Crippen LogP contribution is -2.57. The van der Waals surface area contributed by atoms with Crippen LogP contribution in [0, 0.1) is 28.6 Å². The maximum atomic E-state index is 11.5. The summed E-state index contributed by atoms with van der Waals surface area (Å²) >= 11 is 0. The average Bonchev–Trinajstić information content (AvgIpc) is 3.28. The van der Waals surface area contributed by atoms with Crippen molar-refractivity contribution in [1.82, 2.24) is 0 Å². The summed E-state index contributed by atoms with van der Waals surface area (Å²) < 4.78 is 18.0. The van der Waals surface area contributed by atoms with E-state index >= 15 is 0 Å². The summed E-state index contributed by atoms with van der Waals surface area (Å²) in [7, 11) is 0. The molecule has 0 aromatic rings. The van der Waals surface area contributed by atoms with Gasteiger partial charge in [-0.15, -0.1) is 0 Å². The maximum absolute atomic E-state index is 11.5. The van der Waals surface area contributed by atoms with Gasteiger partial charge in [-0.2, -0.15) is 0 Å². The van der Waals surface area contributed by atoms with Crippen LogP contribution in [0.3, 0.4) is 0 Å². The second-order valence-electron chi connectivity index (χ2n) is 10.3. The summed E-state index contributed by atoms with van der Waals surface area (Å²) in [5.74, 6) is 0.392. The fourth-order valence-electron chi connectivity index (χ4n) is 7.71. The lowest BCUT2D eigenvalue weighted by atomic mass is 9.47. The number of fused-ring (bicyclic) bond motifs is 6. The summed E-state index contributed by atoms with van der Waals surface area (Å²) in [6, 6.07) is 0. The number of carbonyl (C=O) groups is 1. The fourth-order valence-corrected chi connectivity index (χ4v) is 7.71. The summed E-state index contributed by atoms with van der Waals surface area (Å²) in [4.78, 5) is 11.5. The molecule has 3 saturated carbocycles. The number of oxime groups is 1. The van der Waals surface area contributed by atoms with E-state index < -0.39 is 5.79 Å². The molecule has 6 nitrogen and oxygen atoms in total. The molecule has 0 aromatic carbocycles. The quantitative estimate of drug-likeness (QED) is 0.406. The second kappa shape index (κ2) is 6.55. The maximum Gasteiger partial charge on any atom is 0.302 e. The number of rotatable bonds is 1. The zero-order chi connectivity index (χ0) is 20.4. The molecule has 5 rings (SSSR count). The topological polar surface area (TPSA) is 77.4 Å². The van der Waals surface area contributed by atoms with Crippen LogP contribution in [0.15, 0.2) is 16.8 Å². The van der Waals surface area contributed by atoms with Crippen molar-refractivity contribution in [2.24, 2.45) is 33.7 Å². The van der Waals surface area contributed by atoms with E-state index in [-0.39, 0.29) is 28.8 Å². The van der Waals surface area contributed by atoms with E-state index in [1.807, 2.05) is 0 Å². The van der Waals surface area contributed by atoms with Gasteiger partial charge in [0.2, 0.25) is 0 Å². The van der Waals surface area contributed by atoms with Crippen LogP contribution in [-0.4, -0.2) is 42.0 Å². The Bertz CT molecular complexity index is 769. The smallest absolute Gasteiger partial charge is 0.302 e. The Morgan fingerprint density at radius 1 is 1.14 bits per heavy atom. The number of hydrogen-bond acceptors (Lipinski definition) is 6. The molecule has 4 aliphatic carbocycles. The third kappa shape index (κ3) is 2.61. The van der Waals surface area contributed by atoms with E-state index in [0.29, 0.717) is 25.0 Å². The van der Waals surface area contributed by atoms with Gasteiger partial charge < -0.3 is 19.4 Å². The Balaban J connectivity index is 1.50. The van der Waals surface area contributed by atoms with E-state index in [1.54, 1.807) is 0 Å². The Morgan fingerprint density at radius 3 is 2.55 bits per heavy atom. The van der Waals surface area contributed by atoms with Crippen molar-refractivity contribution in [3.05, 3.63) is 11.6 Å². The van der Waals surface area contributed by atoms with Crippen LogP contribution in [-0.2, 0) is 19.0 Å². The minimum Gasteiger partial charge on any atom is -0.462 e. The molecule has 4 fully saturated rings. The number of carbonyl (C=O) groups excluding carboxylic acids is 1. The van der Waals surface area contributed by atoms with Crippen molar-refractivity contribution >= 4 is 11.7 Å². The summed E-state index contributed by atoms with van der Waals surface area (Å²) in [6.45, 7) is 7.54. The predicted molar refractivity (Wildman–Crippen MR) is 106 cm³/mol. The number of hydrogen-bond donors (Lipinski definition) is 1. The normalized spacial score (nSPS) is 46.7. The van der Waals surface area contributed by atoms with Crippen molar-refractivity contribution in [2.45, 2.75) is 77.6 Å². The van der Waals surface area contributed by atoms with Crippen LogP contribution < -0.4 is 0 Å². The van der Waals surface area contributed by atoms with Crippen LogP contribution in [0.4, 0.5) is 0 Å². The molecule has 0 bridgehead atoms. The molecule has 1 saturated heterocycles. The molecule has 6 heteroatoms. The molecular formula is C23H33NO5. The van der Waals surface area contributed by atoms with E-state index in [9.17, 15) is 10.0 Å². The third-order valence-corrected chi connectivity index (χ3v) is 9.17. The Kier molecular flexibility index (Phi) is 4.42. The first-order chi connectivity index (χ1) is 13.8. The number of ether oxygens (including phenoxy) is 3. The molecule has 6 atom stereocenters. The highest BCUT2D eigenvalue weighted by Crippen LogP contribution is 2.68. The first-order valence-electron chi connectivity index (χ1n) is 11.2. The van der Waals surface area contributed by atoms with Crippen molar-refractivity contribution in [1.29, 1.82) is 0 Å². The zero-order valence-corrected chi connectivity index (χ0v) is 17.8. The molecule has 5 aliphatic rings. The SMILES string of the molecule is CC(=O)O[C@H]1CC[C@@]2(C)C(=C/C(=N\O)[C@@H]3[C@@H]2CC[C@@]2(C)[C@H]3CCC23OCCO3)C1. The van der Waals surface area contributed by atoms with E-state index in [4.69, 9.17) is 14.2 Å². The largest absolute Gasteiger partial charge is 0.462 e. The van der Waals surface area contributed by atoms with Gasteiger partial charge in [0, 0.05) is 31.1 Å². The Hall–Kier alpha value is -1.40. The summed E-state index contributed by atoms with van der Waals surface area (Å²) in [6.07, 6.45) is 8.85. The molecular weight excluding hydrogens is 370 g/mol. The van der Waals surface area contributed by atoms with Gasteiger partial charge in [0.25, 0.3) is 0 Å². The van der Waals surface area contributed by atoms with E-state index in [0.717, 1.165) is 50.7 Å². The number of esters is 1. The lowest BCUT2D eigenvalue weighted by Gasteiger charge is -2.58. The Labute approximate surface area is 172 Å². The van der Waals surface area contributed by atoms with Crippen LogP contribution in [0.1, 0.15) is 65.7 Å². The number of allylic oxidation sites excluding steroid dienone is 1. The summed E-state index contributed by atoms with van der Waals surface area (Å²) in [5.41, 5.74) is 2.12. The molecule has 0 unspecified atom stereocenters. The van der Waals surface area contributed by atoms with Gasteiger partial charge in [-0.25, -0.2) is 0 Å². The second-order valence-corrected chi connectivity index (χ2v) is 10.3. The lowest BCUT2D eigenvalue weighted by molar-refractivity contribution is -0.238. The van der Waals surface area contributed by atoms with Crippen molar-refractivity contribution in [3.63, 3.8) is 0 Å². The first kappa shape index (κ1) is 19.6. The predicted octanol–water partition coefficient (Wildman–Crippen LogP) is 4.06. The fraction of sp³-hybridized carbons (Fsp3) is 0.826. The Morgan fingerprint density at radius 2 is 1.86 bits per heavy atom. The highest BCUT2D eigenvalue weighted by Gasteiger charge is 2.67. The minimum atomic E-state index is -0.457. The van der Waals surface area contributed by atoms with Crippen molar-refractivity contribution < 1.29 is 24.2 Å². The molecule has 1 aliphatic heterocycles. The molecule has 0 radical (unpaired) electrons. The zero-order valence-electron chi connectivity index (χ0n) is 17.8. The highest BCUT2D eigenvalue weighted by molar-refractivity contribution is 5.99. The van der Waals surface area contributed by atoms with Gasteiger partial charge in [-0.1, -0.05) is 24.6 Å². The van der Waals surface area contributed by atoms with Gasteiger partial charge in [0.15, 0.2) is 5.79 Å². The van der Waals surface area contributed by atoms with Crippen LogP contribution in [0.2, 0.25) is 0 Å². The molecule has 0 amide bonds. The molecule has 0 aromatic heterocycles. The van der Waals surface area contributed by atoms with Gasteiger partial charge in [-0.3, -0.25) is 4.79 Å². The van der Waals surface area contributed by atoms with Crippen molar-refractivity contribution in [2.75, 3.05) is 13.2 Å². The average molecular weight is 404 g/mol. The molecule has 1 spiro atoms. The monoisotopic (exact) mass is 403 g/mol. The van der Waals surface area contributed by atoms with Gasteiger partial charge in [0.05, 0.1) is 18.9 Å². The van der Waals surface area contributed by atoms with Crippen LogP contribution >= 0.6 is 0 Å². The molecule has 160 valence electrons. The van der Waals surface area contributed by atoms with Crippen LogP contribution in [0.25, 0.3) is 0 Å². The number of nitrogens with zero attached hydrogens (tertiary/aromatic N) is 1. The van der Waals surface area contributed by atoms with E-state index in [2.05, 4.69) is 25.1 Å². The third-order valence-electron chi connectivity index (χ3n) is 9.17. The molecule has 29 heavy (non-hydrogen) atoms. The van der Waals surface area contributed by atoms with Gasteiger partial charge in [-0.05, 0) is 55.4 Å². The molecule has 1 heterocycles. The summed E-state index contributed by atoms with van der Waals surface area (Å²) in [5, 5.41) is 13.8. The first-order valence-corrected chi connectivity index (χ1v) is 11.2. The molecule has 1 N–H and O–H groups in total. The highest BCUT2D eigenvalue weighted by atomic mass is 16.7.